The van der Waals surface area contributed by atoms with Crippen molar-refractivity contribution >= 4 is 111 Å². The summed E-state index contributed by atoms with van der Waals surface area (Å²) in [7, 11) is 0. The Kier molecular flexibility index (Phi) is 11.8. The molecule has 0 fully saturated rings. The summed E-state index contributed by atoms with van der Waals surface area (Å²) < 4.78 is 55.9. The van der Waals surface area contributed by atoms with Crippen LogP contribution in [0.2, 0.25) is 0 Å². The molecule has 330 valence electrons. The molecule has 4 nitrogen and oxygen atoms in total. The molecule has 6 aromatic heterocycles. The zero-order chi connectivity index (χ0) is 44.4. The molecule has 1 aliphatic carbocycles. The second-order valence-corrected chi connectivity index (χ2v) is 23.1. The van der Waals surface area contributed by atoms with Crippen LogP contribution in [0.5, 0.6) is 0 Å². The highest BCUT2D eigenvalue weighted by Gasteiger charge is 2.48. The fourth-order valence-electron chi connectivity index (χ4n) is 10.5. The highest BCUT2D eigenvalue weighted by molar-refractivity contribution is 7.26. The van der Waals surface area contributed by atoms with E-state index >= 15 is 8.78 Å². The summed E-state index contributed by atoms with van der Waals surface area (Å²) in [5.41, 5.74) is 7.62. The Morgan fingerprint density at radius 1 is 0.508 bits per heavy atom. The molecule has 0 N–H and O–H groups in total. The van der Waals surface area contributed by atoms with E-state index < -0.39 is 0 Å². The lowest BCUT2D eigenvalue weighted by Gasteiger charge is -2.37. The molecular formula is C53H48F2N4S6. The maximum absolute atomic E-state index is 17.1. The number of aromatic nitrogens is 4. The van der Waals surface area contributed by atoms with Gasteiger partial charge in [-0.25, -0.2) is 8.78 Å². The van der Waals surface area contributed by atoms with Crippen molar-refractivity contribution in [1.29, 1.82) is 0 Å². The van der Waals surface area contributed by atoms with Crippen molar-refractivity contribution in [2.75, 3.05) is 0 Å². The quantitative estimate of drug-likeness (QED) is 0.0968. The molecule has 0 aliphatic heterocycles. The standard InChI is InChI=1S/C53H48F2N4S6/c1-5-9-15-29(7-3)27-53(28-30(8-4)16-10-6-2)35-25-43(45-37(54)23-33(47-49(45)58-64-56-47)41-21-31-17-11-13-19-39(31)60-41)62-51(35)52-36(53)26-44(63-52)46-38(55)24-34(48-50(46)59-65-57-48)42-22-32-18-12-14-20-40(32)61-42/h11-14,17-26,29-30H,5-10,15-16,27-28H2,1-4H3. The predicted molar refractivity (Wildman–Crippen MR) is 279 cm³/mol. The van der Waals surface area contributed by atoms with Crippen molar-refractivity contribution < 1.29 is 8.78 Å². The highest BCUT2D eigenvalue weighted by atomic mass is 32.1. The van der Waals surface area contributed by atoms with Crippen LogP contribution >= 0.6 is 68.8 Å². The van der Waals surface area contributed by atoms with Crippen LogP contribution in [0.25, 0.3) is 93.8 Å². The molecule has 4 aromatic carbocycles. The average Bonchev–Trinajstić information content (AvgIpc) is 4.19. The smallest absolute Gasteiger partial charge is 0.134 e. The van der Waals surface area contributed by atoms with Crippen molar-refractivity contribution in [1.82, 2.24) is 17.5 Å². The summed E-state index contributed by atoms with van der Waals surface area (Å²) in [6.45, 7) is 9.25. The Hall–Kier alpha value is -4.30. The highest BCUT2D eigenvalue weighted by Crippen LogP contribution is 2.63. The molecule has 0 bridgehead atoms. The van der Waals surface area contributed by atoms with Gasteiger partial charge >= 0.3 is 0 Å². The zero-order valence-corrected chi connectivity index (χ0v) is 41.7. The first kappa shape index (κ1) is 43.3. The minimum atomic E-state index is -0.323. The Bertz CT molecular complexity index is 3080. The average molecular weight is 971 g/mol. The van der Waals surface area contributed by atoms with Gasteiger partial charge in [0.15, 0.2) is 0 Å². The van der Waals surface area contributed by atoms with Gasteiger partial charge in [0, 0.05) is 55.2 Å². The SMILES string of the molecule is CCCCC(CC)CC1(CC(CC)CCCC)c2cc(-c3c(F)cc(-c4cc5ccccc5s4)c4nsnc34)sc2-c2sc(-c3c(F)cc(-c4cc5ccccc5s4)c4nsnc34)cc21. The Labute approximate surface area is 402 Å². The molecule has 2 unspecified atom stereocenters. The zero-order valence-electron chi connectivity index (χ0n) is 36.8. The van der Waals surface area contributed by atoms with E-state index in [1.54, 1.807) is 57.5 Å². The van der Waals surface area contributed by atoms with Crippen LogP contribution in [-0.2, 0) is 5.41 Å². The van der Waals surface area contributed by atoms with Crippen molar-refractivity contribution in [3.8, 4) is 51.5 Å². The van der Waals surface area contributed by atoms with E-state index in [4.69, 9.17) is 17.5 Å². The molecular weight excluding hydrogens is 923 g/mol. The number of fused-ring (bicyclic) bond motifs is 7. The third-order valence-corrected chi connectivity index (χ3v) is 19.7. The minimum Gasteiger partial charge on any atom is -0.206 e. The largest absolute Gasteiger partial charge is 0.206 e. The van der Waals surface area contributed by atoms with Gasteiger partial charge in [-0.3, -0.25) is 0 Å². The van der Waals surface area contributed by atoms with Crippen LogP contribution in [0.4, 0.5) is 8.78 Å². The minimum absolute atomic E-state index is 0.279. The third kappa shape index (κ3) is 7.42. The normalized spacial score (nSPS) is 14.3. The summed E-state index contributed by atoms with van der Waals surface area (Å²) in [6.07, 6.45) is 11.2. The van der Waals surface area contributed by atoms with E-state index in [0.29, 0.717) is 34.0 Å². The molecule has 0 spiro atoms. The lowest BCUT2D eigenvalue weighted by molar-refractivity contribution is 0.266. The van der Waals surface area contributed by atoms with Gasteiger partial charge in [0.25, 0.3) is 0 Å². The fraction of sp³-hybridized carbons (Fsp3) is 0.321. The number of hydrogen-bond acceptors (Lipinski definition) is 10. The molecule has 0 saturated carbocycles. The van der Waals surface area contributed by atoms with Crippen LogP contribution in [-0.4, -0.2) is 17.5 Å². The van der Waals surface area contributed by atoms with Gasteiger partial charge in [0.1, 0.15) is 33.7 Å². The Morgan fingerprint density at radius 3 is 1.35 bits per heavy atom. The first-order valence-electron chi connectivity index (χ1n) is 23.0. The molecule has 1 aliphatic rings. The van der Waals surface area contributed by atoms with E-state index in [2.05, 4.69) is 76.2 Å². The van der Waals surface area contributed by atoms with Crippen LogP contribution < -0.4 is 0 Å². The number of benzene rings is 4. The molecule has 10 aromatic rings. The number of rotatable bonds is 16. The Morgan fingerprint density at radius 2 is 0.938 bits per heavy atom. The summed E-state index contributed by atoms with van der Waals surface area (Å²) in [6, 6.07) is 28.9. The Balaban J connectivity index is 1.10. The molecule has 65 heavy (non-hydrogen) atoms. The van der Waals surface area contributed by atoms with E-state index in [9.17, 15) is 0 Å². The molecule has 0 saturated heterocycles. The number of nitrogens with zero attached hydrogens (tertiary/aromatic N) is 4. The van der Waals surface area contributed by atoms with E-state index in [1.807, 2.05) is 24.3 Å². The lowest BCUT2D eigenvalue weighted by atomic mass is 9.65. The van der Waals surface area contributed by atoms with Crippen LogP contribution in [0.1, 0.15) is 103 Å². The first-order valence-corrected chi connectivity index (χ1v) is 27.7. The first-order chi connectivity index (χ1) is 31.8. The van der Waals surface area contributed by atoms with Crippen LogP contribution in [0.3, 0.4) is 0 Å². The van der Waals surface area contributed by atoms with Crippen molar-refractivity contribution in [2.24, 2.45) is 11.8 Å². The molecule has 6 heterocycles. The summed E-state index contributed by atoms with van der Waals surface area (Å²) >= 11 is 8.96. The summed E-state index contributed by atoms with van der Waals surface area (Å²) in [5, 5.41) is 2.27. The van der Waals surface area contributed by atoms with E-state index in [0.717, 1.165) is 137 Å². The van der Waals surface area contributed by atoms with Crippen LogP contribution in [0.15, 0.2) is 84.9 Å². The maximum atomic E-state index is 17.1. The second-order valence-electron chi connectivity index (χ2n) is 17.8. The third-order valence-electron chi connectivity index (χ3n) is 13.9. The van der Waals surface area contributed by atoms with Crippen molar-refractivity contribution in [2.45, 2.75) is 97.3 Å². The molecule has 2 atom stereocenters. The van der Waals surface area contributed by atoms with Crippen molar-refractivity contribution in [3.63, 3.8) is 0 Å². The molecule has 0 radical (unpaired) electrons. The number of hydrogen-bond donors (Lipinski definition) is 0. The van der Waals surface area contributed by atoms with E-state index in [1.165, 1.54) is 33.7 Å². The predicted octanol–water partition coefficient (Wildman–Crippen LogP) is 18.7. The molecule has 11 rings (SSSR count). The monoisotopic (exact) mass is 970 g/mol. The molecule has 0 amide bonds. The number of thiophene rings is 4. The number of halogens is 2. The van der Waals surface area contributed by atoms with E-state index in [-0.39, 0.29) is 17.0 Å². The van der Waals surface area contributed by atoms with Gasteiger partial charge in [-0.2, -0.15) is 17.5 Å². The van der Waals surface area contributed by atoms with Gasteiger partial charge < -0.3 is 0 Å². The van der Waals surface area contributed by atoms with Gasteiger partial charge in [-0.15, -0.1) is 45.3 Å². The lowest BCUT2D eigenvalue weighted by Crippen LogP contribution is -2.31. The van der Waals surface area contributed by atoms with Crippen molar-refractivity contribution in [3.05, 3.63) is 108 Å². The summed E-state index contributed by atoms with van der Waals surface area (Å²) in [4.78, 5) is 6.10. The summed E-state index contributed by atoms with van der Waals surface area (Å²) in [5.74, 6) is 0.446. The van der Waals surface area contributed by atoms with Gasteiger partial charge in [0.05, 0.1) is 34.6 Å². The van der Waals surface area contributed by atoms with Crippen LogP contribution in [0, 0.1) is 23.5 Å². The maximum Gasteiger partial charge on any atom is 0.134 e. The topological polar surface area (TPSA) is 51.6 Å². The fourth-order valence-corrected chi connectivity index (χ4v) is 16.6. The molecule has 12 heteroatoms. The van der Waals surface area contributed by atoms with Gasteiger partial charge in [-0.05, 0) is 95.1 Å². The number of unbranched alkanes of at least 4 members (excludes halogenated alkanes) is 2. The van der Waals surface area contributed by atoms with Gasteiger partial charge in [0.2, 0.25) is 0 Å². The second kappa shape index (κ2) is 17.7. The van der Waals surface area contributed by atoms with Gasteiger partial charge in [-0.1, -0.05) is 115 Å².